The van der Waals surface area contributed by atoms with Crippen molar-refractivity contribution in [1.29, 1.82) is 0 Å². The number of amides is 1. The number of hydrogen-bond acceptors (Lipinski definition) is 4. The number of carbonyl (C=O) groups is 1. The van der Waals surface area contributed by atoms with Gasteiger partial charge in [-0.3, -0.25) is 4.79 Å². The molecule has 7 heteroatoms. The van der Waals surface area contributed by atoms with Crippen LogP contribution >= 0.6 is 0 Å². The average Bonchev–Trinajstić information content (AvgIpc) is 3.15. The lowest BCUT2D eigenvalue weighted by Gasteiger charge is -2.23. The zero-order chi connectivity index (χ0) is 17.9. The van der Waals surface area contributed by atoms with Crippen LogP contribution < -0.4 is 9.46 Å². The molecule has 3 rings (SSSR count). The summed E-state index contributed by atoms with van der Waals surface area (Å²) >= 11 is 0. The summed E-state index contributed by atoms with van der Waals surface area (Å²) in [5, 5.41) is 0. The first-order chi connectivity index (χ1) is 12.0. The van der Waals surface area contributed by atoms with Crippen LogP contribution in [0.2, 0.25) is 0 Å². The first-order valence-corrected chi connectivity index (χ1v) is 10.5. The van der Waals surface area contributed by atoms with Gasteiger partial charge in [-0.15, -0.1) is 0 Å². The second-order valence-corrected chi connectivity index (χ2v) is 8.53. The van der Waals surface area contributed by atoms with E-state index in [4.69, 9.17) is 4.74 Å². The molecule has 2 aliphatic rings. The van der Waals surface area contributed by atoms with E-state index in [1.807, 2.05) is 0 Å². The predicted octanol–water partition coefficient (Wildman–Crippen LogP) is 2.54. The van der Waals surface area contributed by atoms with Crippen LogP contribution in [0.1, 0.15) is 55.3 Å². The summed E-state index contributed by atoms with van der Waals surface area (Å²) < 4.78 is 33.5. The minimum atomic E-state index is -3.64. The third-order valence-electron chi connectivity index (χ3n) is 5.03. The minimum Gasteiger partial charge on any atom is -0.496 e. The second kappa shape index (κ2) is 7.74. The Labute approximate surface area is 149 Å². The van der Waals surface area contributed by atoms with Gasteiger partial charge in [0.05, 0.1) is 17.6 Å². The van der Waals surface area contributed by atoms with Crippen LogP contribution in [0.3, 0.4) is 0 Å². The van der Waals surface area contributed by atoms with Crippen molar-refractivity contribution in [1.82, 2.24) is 9.62 Å². The van der Waals surface area contributed by atoms with Gasteiger partial charge in [0.25, 0.3) is 5.91 Å². The Bertz CT molecular complexity index is 721. The van der Waals surface area contributed by atoms with E-state index in [9.17, 15) is 13.2 Å². The number of benzene rings is 1. The molecule has 1 aliphatic heterocycles. The minimum absolute atomic E-state index is 0.0152. The molecule has 25 heavy (non-hydrogen) atoms. The van der Waals surface area contributed by atoms with E-state index in [0.29, 0.717) is 24.4 Å². The molecule has 0 radical (unpaired) electrons. The van der Waals surface area contributed by atoms with Gasteiger partial charge in [0, 0.05) is 19.1 Å². The lowest BCUT2D eigenvalue weighted by molar-refractivity contribution is 0.0789. The molecule has 1 saturated carbocycles. The van der Waals surface area contributed by atoms with Crippen molar-refractivity contribution in [3.8, 4) is 5.75 Å². The highest BCUT2D eigenvalue weighted by Crippen LogP contribution is 2.26. The summed E-state index contributed by atoms with van der Waals surface area (Å²) in [5.74, 6) is 0.248. The molecule has 1 N–H and O–H groups in total. The SMILES string of the molecule is COc1ccc(S(=O)(=O)NC2CCCCC2)cc1C(=O)N1CCCC1. The topological polar surface area (TPSA) is 75.7 Å². The Morgan fingerprint density at radius 3 is 2.44 bits per heavy atom. The lowest BCUT2D eigenvalue weighted by atomic mass is 9.96. The fourth-order valence-electron chi connectivity index (χ4n) is 3.62. The van der Waals surface area contributed by atoms with Crippen LogP contribution in [0.15, 0.2) is 23.1 Å². The zero-order valence-corrected chi connectivity index (χ0v) is 15.5. The molecular formula is C18H26N2O4S. The van der Waals surface area contributed by atoms with Crippen molar-refractivity contribution in [3.63, 3.8) is 0 Å². The molecule has 6 nitrogen and oxygen atoms in total. The largest absolute Gasteiger partial charge is 0.496 e. The summed E-state index contributed by atoms with van der Waals surface area (Å²) in [4.78, 5) is 14.6. The lowest BCUT2D eigenvalue weighted by Crippen LogP contribution is -2.36. The third kappa shape index (κ3) is 4.15. The zero-order valence-electron chi connectivity index (χ0n) is 14.7. The van der Waals surface area contributed by atoms with Gasteiger partial charge in [-0.1, -0.05) is 19.3 Å². The van der Waals surface area contributed by atoms with Crippen molar-refractivity contribution in [2.24, 2.45) is 0 Å². The maximum atomic E-state index is 12.7. The quantitative estimate of drug-likeness (QED) is 0.869. The number of methoxy groups -OCH3 is 1. The Hall–Kier alpha value is -1.60. The van der Waals surface area contributed by atoms with Crippen molar-refractivity contribution in [3.05, 3.63) is 23.8 Å². The number of ether oxygens (including phenoxy) is 1. The van der Waals surface area contributed by atoms with Crippen LogP contribution in [-0.4, -0.2) is 45.5 Å². The number of nitrogens with one attached hydrogen (secondary N) is 1. The molecular weight excluding hydrogens is 340 g/mol. The smallest absolute Gasteiger partial charge is 0.257 e. The van der Waals surface area contributed by atoms with Gasteiger partial charge >= 0.3 is 0 Å². The van der Waals surface area contributed by atoms with Crippen molar-refractivity contribution >= 4 is 15.9 Å². The molecule has 1 saturated heterocycles. The van der Waals surface area contributed by atoms with Gasteiger partial charge in [-0.25, -0.2) is 13.1 Å². The Morgan fingerprint density at radius 2 is 1.80 bits per heavy atom. The summed E-state index contributed by atoms with van der Waals surface area (Å²) in [5.41, 5.74) is 0.316. The van der Waals surface area contributed by atoms with Crippen LogP contribution in [0.5, 0.6) is 5.75 Å². The molecule has 1 aromatic carbocycles. The van der Waals surface area contributed by atoms with Gasteiger partial charge in [0.15, 0.2) is 0 Å². The van der Waals surface area contributed by atoms with E-state index < -0.39 is 10.0 Å². The maximum Gasteiger partial charge on any atom is 0.257 e. The average molecular weight is 366 g/mol. The summed E-state index contributed by atoms with van der Waals surface area (Å²) in [6, 6.07) is 4.51. The highest BCUT2D eigenvalue weighted by Gasteiger charge is 2.26. The van der Waals surface area contributed by atoms with Crippen molar-refractivity contribution in [2.45, 2.75) is 55.9 Å². The Balaban J connectivity index is 1.86. The molecule has 1 amide bonds. The molecule has 138 valence electrons. The van der Waals surface area contributed by atoms with Gasteiger partial charge in [0.2, 0.25) is 10.0 Å². The van der Waals surface area contributed by atoms with E-state index in [-0.39, 0.29) is 16.8 Å². The highest BCUT2D eigenvalue weighted by molar-refractivity contribution is 7.89. The molecule has 1 aromatic rings. The third-order valence-corrected chi connectivity index (χ3v) is 6.55. The number of nitrogens with zero attached hydrogens (tertiary/aromatic N) is 1. The van der Waals surface area contributed by atoms with Gasteiger partial charge in [0.1, 0.15) is 5.75 Å². The van der Waals surface area contributed by atoms with Crippen molar-refractivity contribution in [2.75, 3.05) is 20.2 Å². The predicted molar refractivity (Wildman–Crippen MR) is 95.3 cm³/mol. The van der Waals surface area contributed by atoms with Gasteiger partial charge in [-0.2, -0.15) is 0 Å². The van der Waals surface area contributed by atoms with Crippen LogP contribution in [0, 0.1) is 0 Å². The molecule has 1 aliphatic carbocycles. The van der Waals surface area contributed by atoms with Crippen LogP contribution in [0.25, 0.3) is 0 Å². The normalized spacial score (nSPS) is 19.2. The van der Waals surface area contributed by atoms with Crippen molar-refractivity contribution < 1.29 is 17.9 Å². The molecule has 1 heterocycles. The Morgan fingerprint density at radius 1 is 1.12 bits per heavy atom. The molecule has 0 spiro atoms. The monoisotopic (exact) mass is 366 g/mol. The summed E-state index contributed by atoms with van der Waals surface area (Å²) in [6.07, 6.45) is 6.96. The molecule has 0 bridgehead atoms. The van der Waals surface area contributed by atoms with Gasteiger partial charge in [-0.05, 0) is 43.9 Å². The number of hydrogen-bond donors (Lipinski definition) is 1. The van der Waals surface area contributed by atoms with Gasteiger partial charge < -0.3 is 9.64 Å². The molecule has 2 fully saturated rings. The number of sulfonamides is 1. The number of carbonyl (C=O) groups excluding carboxylic acids is 1. The van der Waals surface area contributed by atoms with E-state index in [1.165, 1.54) is 19.2 Å². The van der Waals surface area contributed by atoms with E-state index in [0.717, 1.165) is 44.9 Å². The fourth-order valence-corrected chi connectivity index (χ4v) is 4.95. The molecule has 0 atom stereocenters. The standard InChI is InChI=1S/C18H26N2O4S/c1-24-17-10-9-15(13-16(17)18(21)20-11-5-6-12-20)25(22,23)19-14-7-3-2-4-8-14/h9-10,13-14,19H,2-8,11-12H2,1H3. The second-order valence-electron chi connectivity index (χ2n) is 6.82. The summed E-state index contributed by atoms with van der Waals surface area (Å²) in [6.45, 7) is 1.42. The fraction of sp³-hybridized carbons (Fsp3) is 0.611. The first-order valence-electron chi connectivity index (χ1n) is 9.01. The van der Waals surface area contributed by atoms with E-state index in [2.05, 4.69) is 4.72 Å². The number of likely N-dealkylation sites (tertiary alicyclic amines) is 1. The molecule has 0 aromatic heterocycles. The van der Waals surface area contributed by atoms with Crippen LogP contribution in [-0.2, 0) is 10.0 Å². The van der Waals surface area contributed by atoms with Crippen LogP contribution in [0.4, 0.5) is 0 Å². The Kier molecular flexibility index (Phi) is 5.64. The summed E-state index contributed by atoms with van der Waals surface area (Å²) in [7, 11) is -2.15. The maximum absolute atomic E-state index is 12.7. The first kappa shape index (κ1) is 18.2. The molecule has 0 unspecified atom stereocenters. The number of rotatable bonds is 5. The highest BCUT2D eigenvalue weighted by atomic mass is 32.2. The van der Waals surface area contributed by atoms with E-state index in [1.54, 1.807) is 11.0 Å². The van der Waals surface area contributed by atoms with E-state index >= 15 is 0 Å².